The molecule has 0 spiro atoms. The molecular formula is C23H27N3O3. The monoisotopic (exact) mass is 393 g/mol. The zero-order valence-electron chi connectivity index (χ0n) is 17.2. The van der Waals surface area contributed by atoms with Gasteiger partial charge in [0.1, 0.15) is 5.82 Å². The molecule has 0 radical (unpaired) electrons. The van der Waals surface area contributed by atoms with Gasteiger partial charge in [0.2, 0.25) is 11.8 Å². The number of carbonyl (C=O) groups excluding carboxylic acids is 2. The molecule has 0 fully saturated rings. The van der Waals surface area contributed by atoms with Crippen molar-refractivity contribution in [1.82, 2.24) is 10.3 Å². The second-order valence-corrected chi connectivity index (χ2v) is 6.82. The van der Waals surface area contributed by atoms with E-state index in [0.29, 0.717) is 12.4 Å². The highest BCUT2D eigenvalue weighted by Gasteiger charge is 2.07. The Hall–Kier alpha value is -3.25. The fourth-order valence-corrected chi connectivity index (χ4v) is 2.97. The molecule has 1 aromatic carbocycles. The van der Waals surface area contributed by atoms with Crippen molar-refractivity contribution in [2.45, 2.75) is 34.3 Å². The van der Waals surface area contributed by atoms with E-state index in [-0.39, 0.29) is 18.4 Å². The smallest absolute Gasteiger partial charge is 0.244 e. The minimum absolute atomic E-state index is 0.0148. The first-order valence-corrected chi connectivity index (χ1v) is 9.38. The van der Waals surface area contributed by atoms with Crippen LogP contribution in [0.15, 0.2) is 42.6 Å². The number of aryl methyl sites for hydroxylation is 1. The molecule has 0 aliphatic heterocycles. The molecule has 2 rings (SSSR count). The molecule has 6 nitrogen and oxygen atoms in total. The first-order valence-electron chi connectivity index (χ1n) is 9.38. The first-order chi connectivity index (χ1) is 13.8. The van der Waals surface area contributed by atoms with E-state index in [1.165, 1.54) is 13.0 Å². The summed E-state index contributed by atoms with van der Waals surface area (Å²) in [6.07, 6.45) is 6.64. The number of carbonyl (C=O) groups is 2. The summed E-state index contributed by atoms with van der Waals surface area (Å²) < 4.78 is 0. The number of benzene rings is 1. The van der Waals surface area contributed by atoms with Crippen LogP contribution >= 0.6 is 0 Å². The van der Waals surface area contributed by atoms with Crippen LogP contribution in [0, 0.1) is 13.8 Å². The van der Waals surface area contributed by atoms with Gasteiger partial charge < -0.3 is 15.7 Å². The van der Waals surface area contributed by atoms with Crippen LogP contribution in [0.3, 0.4) is 0 Å². The summed E-state index contributed by atoms with van der Waals surface area (Å²) in [6.45, 7) is 7.80. The van der Waals surface area contributed by atoms with Crippen molar-refractivity contribution in [2.75, 3.05) is 11.9 Å². The lowest BCUT2D eigenvalue weighted by Gasteiger charge is -2.13. The van der Waals surface area contributed by atoms with Crippen LogP contribution in [0.25, 0.3) is 11.6 Å². The number of aliphatic hydroxyl groups excluding tert-OH is 1. The average molecular weight is 393 g/mol. The van der Waals surface area contributed by atoms with E-state index in [1.807, 2.05) is 39.0 Å². The van der Waals surface area contributed by atoms with Crippen molar-refractivity contribution < 1.29 is 14.7 Å². The van der Waals surface area contributed by atoms with Crippen LogP contribution in [0.1, 0.15) is 41.7 Å². The molecule has 6 heteroatoms. The largest absolute Gasteiger partial charge is 0.392 e. The van der Waals surface area contributed by atoms with Crippen molar-refractivity contribution in [3.05, 3.63) is 70.4 Å². The van der Waals surface area contributed by atoms with Gasteiger partial charge in [-0.05, 0) is 72.4 Å². The Balaban J connectivity index is 1.93. The van der Waals surface area contributed by atoms with E-state index >= 15 is 0 Å². The number of pyridine rings is 1. The van der Waals surface area contributed by atoms with E-state index < -0.39 is 0 Å². The minimum Gasteiger partial charge on any atom is -0.392 e. The zero-order chi connectivity index (χ0) is 21.4. The van der Waals surface area contributed by atoms with Crippen LogP contribution < -0.4 is 10.6 Å². The number of aliphatic hydroxyl groups is 1. The second kappa shape index (κ2) is 10.3. The number of allylic oxidation sites excluding steroid dienone is 1. The maximum atomic E-state index is 12.0. The Morgan fingerprint density at radius 2 is 1.90 bits per heavy atom. The Bertz CT molecular complexity index is 945. The highest BCUT2D eigenvalue weighted by Crippen LogP contribution is 2.24. The molecule has 0 aliphatic rings. The Labute approximate surface area is 171 Å². The SMILES string of the molecule is CC(=O)Nc1ccc(C=CC(=O)NCC=C(C)c2ccc(C)c(CO)c2C)cn1. The normalized spacial score (nSPS) is 11.6. The second-order valence-electron chi connectivity index (χ2n) is 6.82. The molecule has 0 aliphatic carbocycles. The highest BCUT2D eigenvalue weighted by atomic mass is 16.3. The molecule has 29 heavy (non-hydrogen) atoms. The van der Waals surface area contributed by atoms with Gasteiger partial charge in [-0.15, -0.1) is 0 Å². The van der Waals surface area contributed by atoms with Gasteiger partial charge in [-0.25, -0.2) is 4.98 Å². The maximum Gasteiger partial charge on any atom is 0.244 e. The van der Waals surface area contributed by atoms with Gasteiger partial charge in [-0.3, -0.25) is 9.59 Å². The van der Waals surface area contributed by atoms with Crippen LogP contribution in [0.4, 0.5) is 5.82 Å². The molecule has 0 saturated heterocycles. The van der Waals surface area contributed by atoms with E-state index in [0.717, 1.165) is 33.4 Å². The molecular weight excluding hydrogens is 366 g/mol. The summed E-state index contributed by atoms with van der Waals surface area (Å²) >= 11 is 0. The van der Waals surface area contributed by atoms with Gasteiger partial charge in [-0.2, -0.15) is 0 Å². The standard InChI is InChI=1S/C23H27N3O3/c1-15-5-8-20(17(3)21(15)14-27)16(2)11-12-24-23(29)10-7-19-6-9-22(25-13-19)26-18(4)28/h5-11,13,27H,12,14H2,1-4H3,(H,24,29)(H,25,26,28). The van der Waals surface area contributed by atoms with Gasteiger partial charge >= 0.3 is 0 Å². The number of anilines is 1. The fraction of sp³-hybridized carbons (Fsp3) is 0.261. The van der Waals surface area contributed by atoms with Gasteiger partial charge in [0.15, 0.2) is 0 Å². The predicted molar refractivity (Wildman–Crippen MR) is 116 cm³/mol. The molecule has 0 bridgehead atoms. The van der Waals surface area contributed by atoms with E-state index in [1.54, 1.807) is 24.4 Å². The fourth-order valence-electron chi connectivity index (χ4n) is 2.97. The lowest BCUT2D eigenvalue weighted by atomic mass is 9.94. The van der Waals surface area contributed by atoms with Gasteiger partial charge in [0.05, 0.1) is 6.61 Å². The molecule has 152 valence electrons. The van der Waals surface area contributed by atoms with Crippen molar-refractivity contribution >= 4 is 29.3 Å². The average Bonchev–Trinajstić information content (AvgIpc) is 2.67. The Kier molecular flexibility index (Phi) is 7.86. The van der Waals surface area contributed by atoms with Gasteiger partial charge in [0.25, 0.3) is 0 Å². The van der Waals surface area contributed by atoms with Crippen LogP contribution in [0.5, 0.6) is 0 Å². The third kappa shape index (κ3) is 6.40. The summed E-state index contributed by atoms with van der Waals surface area (Å²) in [4.78, 5) is 27.1. The number of hydrogen-bond donors (Lipinski definition) is 3. The Morgan fingerprint density at radius 3 is 2.52 bits per heavy atom. The number of amides is 2. The summed E-state index contributed by atoms with van der Waals surface area (Å²) in [5.41, 5.74) is 5.93. The molecule has 1 aromatic heterocycles. The molecule has 1 heterocycles. The topological polar surface area (TPSA) is 91.3 Å². The van der Waals surface area contributed by atoms with E-state index in [4.69, 9.17) is 0 Å². The van der Waals surface area contributed by atoms with Crippen molar-refractivity contribution in [2.24, 2.45) is 0 Å². The number of hydrogen-bond acceptors (Lipinski definition) is 4. The van der Waals surface area contributed by atoms with Crippen LogP contribution in [-0.4, -0.2) is 28.4 Å². The lowest BCUT2D eigenvalue weighted by molar-refractivity contribution is -0.116. The van der Waals surface area contributed by atoms with Crippen LogP contribution in [0.2, 0.25) is 0 Å². The van der Waals surface area contributed by atoms with Gasteiger partial charge in [-0.1, -0.05) is 18.2 Å². The summed E-state index contributed by atoms with van der Waals surface area (Å²) in [7, 11) is 0. The maximum absolute atomic E-state index is 12.0. The number of nitrogens with one attached hydrogen (secondary N) is 2. The molecule has 0 unspecified atom stereocenters. The minimum atomic E-state index is -0.211. The van der Waals surface area contributed by atoms with Crippen molar-refractivity contribution in [3.8, 4) is 0 Å². The molecule has 3 N–H and O–H groups in total. The first kappa shape index (κ1) is 22.0. The lowest BCUT2D eigenvalue weighted by Crippen LogP contribution is -2.20. The third-order valence-corrected chi connectivity index (χ3v) is 4.62. The zero-order valence-corrected chi connectivity index (χ0v) is 17.2. The van der Waals surface area contributed by atoms with Crippen molar-refractivity contribution in [1.29, 1.82) is 0 Å². The third-order valence-electron chi connectivity index (χ3n) is 4.62. The summed E-state index contributed by atoms with van der Waals surface area (Å²) in [5.74, 6) is 0.0732. The van der Waals surface area contributed by atoms with Crippen molar-refractivity contribution in [3.63, 3.8) is 0 Å². The molecule has 2 aromatic rings. The summed E-state index contributed by atoms with van der Waals surface area (Å²) in [5, 5.41) is 15.0. The number of nitrogens with zero attached hydrogens (tertiary/aromatic N) is 1. The molecule has 0 atom stereocenters. The highest BCUT2D eigenvalue weighted by molar-refractivity contribution is 5.92. The van der Waals surface area contributed by atoms with E-state index in [9.17, 15) is 14.7 Å². The molecule has 2 amide bonds. The quantitative estimate of drug-likeness (QED) is 0.629. The van der Waals surface area contributed by atoms with Crippen LogP contribution in [-0.2, 0) is 16.2 Å². The number of rotatable bonds is 7. The molecule has 0 saturated carbocycles. The summed E-state index contributed by atoms with van der Waals surface area (Å²) in [6, 6.07) is 7.48. The van der Waals surface area contributed by atoms with E-state index in [2.05, 4.69) is 15.6 Å². The Morgan fingerprint density at radius 1 is 1.14 bits per heavy atom. The number of aromatic nitrogens is 1. The predicted octanol–water partition coefficient (Wildman–Crippen LogP) is 3.38. The van der Waals surface area contributed by atoms with Gasteiger partial charge in [0, 0.05) is 25.7 Å².